The summed E-state index contributed by atoms with van der Waals surface area (Å²) < 4.78 is 15.6. The van der Waals surface area contributed by atoms with Gasteiger partial charge in [0, 0.05) is 5.56 Å². The first-order valence-electron chi connectivity index (χ1n) is 6.98. The fraction of sp³-hybridized carbons (Fsp3) is 0.0625. The van der Waals surface area contributed by atoms with Gasteiger partial charge in [0.15, 0.2) is 25.6 Å². The highest BCUT2D eigenvalue weighted by Gasteiger charge is 2.12. The molecule has 0 atom stereocenters. The number of ketones is 1. The molecule has 2 N–H and O–H groups in total. The largest absolute Gasteiger partial charge is 0.504 e. The molecule has 0 saturated carbocycles. The van der Waals surface area contributed by atoms with Crippen molar-refractivity contribution in [3.63, 3.8) is 0 Å². The molecule has 2 aromatic carbocycles. The Hall–Kier alpha value is -2.23. The number of phenolic OH excluding ortho intramolecular Hbond substituents is 2. The molecule has 0 bridgehead atoms. The van der Waals surface area contributed by atoms with Crippen molar-refractivity contribution in [1.82, 2.24) is 9.78 Å². The number of carbonyl (C=O) groups is 1. The van der Waals surface area contributed by atoms with Crippen LogP contribution in [0.2, 0.25) is 0 Å². The van der Waals surface area contributed by atoms with Crippen molar-refractivity contribution < 1.29 is 19.4 Å². The van der Waals surface area contributed by atoms with Crippen molar-refractivity contribution >= 4 is 41.1 Å². The van der Waals surface area contributed by atoms with Gasteiger partial charge in [0.25, 0.3) is 0 Å². The van der Waals surface area contributed by atoms with Gasteiger partial charge in [0.05, 0.1) is 11.4 Å². The summed E-state index contributed by atoms with van der Waals surface area (Å²) in [5.74, 6) is -1.07. The Balaban J connectivity index is 1.72. The first kappa shape index (κ1) is 17.6. The summed E-state index contributed by atoms with van der Waals surface area (Å²) in [5, 5.41) is 23.1. The molecular formula is C16H11FN2O3S3. The average molecular weight is 394 g/mol. The predicted molar refractivity (Wildman–Crippen MR) is 97.1 cm³/mol. The molecule has 0 saturated heterocycles. The second-order valence-corrected chi connectivity index (χ2v) is 7.78. The molecule has 0 fully saturated rings. The molecule has 0 radical (unpaired) electrons. The normalized spacial score (nSPS) is 10.8. The van der Waals surface area contributed by atoms with Gasteiger partial charge in [-0.1, -0.05) is 23.1 Å². The molecule has 128 valence electrons. The third-order valence-electron chi connectivity index (χ3n) is 3.22. The van der Waals surface area contributed by atoms with Crippen LogP contribution in [0.5, 0.6) is 11.5 Å². The van der Waals surface area contributed by atoms with Crippen LogP contribution in [0, 0.1) is 9.77 Å². The van der Waals surface area contributed by atoms with Gasteiger partial charge in [-0.05, 0) is 54.7 Å². The molecule has 0 aliphatic rings. The lowest BCUT2D eigenvalue weighted by atomic mass is 10.1. The number of carbonyl (C=O) groups excluding carboxylic acids is 1. The fourth-order valence-corrected chi connectivity index (χ4v) is 4.23. The highest BCUT2D eigenvalue weighted by molar-refractivity contribution is 8.01. The predicted octanol–water partition coefficient (Wildman–Crippen LogP) is 4.19. The molecule has 1 heterocycles. The molecular weight excluding hydrogens is 383 g/mol. The Kier molecular flexibility index (Phi) is 5.16. The molecule has 1 aromatic heterocycles. The van der Waals surface area contributed by atoms with E-state index in [1.807, 2.05) is 0 Å². The summed E-state index contributed by atoms with van der Waals surface area (Å²) in [5.41, 5.74) is 0.939. The van der Waals surface area contributed by atoms with Crippen molar-refractivity contribution in [2.24, 2.45) is 0 Å². The van der Waals surface area contributed by atoms with E-state index in [9.17, 15) is 19.4 Å². The molecule has 3 rings (SSSR count). The van der Waals surface area contributed by atoms with Gasteiger partial charge in [-0.3, -0.25) is 4.79 Å². The fourth-order valence-electron chi connectivity index (χ4n) is 1.97. The van der Waals surface area contributed by atoms with Crippen molar-refractivity contribution in [1.29, 1.82) is 0 Å². The first-order chi connectivity index (χ1) is 11.9. The molecule has 0 aliphatic heterocycles. The van der Waals surface area contributed by atoms with Gasteiger partial charge < -0.3 is 10.2 Å². The number of hydrogen-bond donors (Lipinski definition) is 2. The van der Waals surface area contributed by atoms with Crippen molar-refractivity contribution in [2.75, 3.05) is 5.75 Å². The van der Waals surface area contributed by atoms with Crippen LogP contribution in [-0.4, -0.2) is 31.5 Å². The zero-order valence-electron chi connectivity index (χ0n) is 12.5. The molecule has 9 heteroatoms. The number of aromatic nitrogens is 2. The van der Waals surface area contributed by atoms with Crippen LogP contribution in [0.3, 0.4) is 0 Å². The summed E-state index contributed by atoms with van der Waals surface area (Å²) >= 11 is 7.73. The SMILES string of the molecule is O=C(CSc1nn(-c2ccc(F)cc2)c(=S)s1)c1ccc(O)c(O)c1. The zero-order chi connectivity index (χ0) is 18.0. The lowest BCUT2D eigenvalue weighted by Crippen LogP contribution is -2.02. The second-order valence-electron chi connectivity index (χ2n) is 4.94. The highest BCUT2D eigenvalue weighted by atomic mass is 32.2. The van der Waals surface area contributed by atoms with E-state index in [2.05, 4.69) is 5.10 Å². The summed E-state index contributed by atoms with van der Waals surface area (Å²) in [7, 11) is 0. The van der Waals surface area contributed by atoms with Crippen LogP contribution in [0.15, 0.2) is 46.8 Å². The van der Waals surface area contributed by atoms with Crippen molar-refractivity contribution in [3.8, 4) is 17.2 Å². The summed E-state index contributed by atoms with van der Waals surface area (Å²) in [6, 6.07) is 9.72. The van der Waals surface area contributed by atoms with Gasteiger partial charge in [-0.2, -0.15) is 0 Å². The van der Waals surface area contributed by atoms with Gasteiger partial charge >= 0.3 is 0 Å². The van der Waals surface area contributed by atoms with E-state index >= 15 is 0 Å². The monoisotopic (exact) mass is 394 g/mol. The number of halogens is 1. The van der Waals surface area contributed by atoms with Crippen LogP contribution in [-0.2, 0) is 0 Å². The van der Waals surface area contributed by atoms with E-state index in [0.29, 0.717) is 19.5 Å². The number of Topliss-reactive ketones (excluding diaryl/α,β-unsaturated/α-hetero) is 1. The minimum atomic E-state index is -0.345. The summed E-state index contributed by atoms with van der Waals surface area (Å²) in [4.78, 5) is 12.2. The van der Waals surface area contributed by atoms with E-state index in [1.165, 1.54) is 58.1 Å². The van der Waals surface area contributed by atoms with E-state index in [-0.39, 0.29) is 28.9 Å². The Morgan fingerprint density at radius 1 is 1.20 bits per heavy atom. The van der Waals surface area contributed by atoms with E-state index < -0.39 is 0 Å². The molecule has 25 heavy (non-hydrogen) atoms. The number of thioether (sulfide) groups is 1. The maximum absolute atomic E-state index is 13.0. The highest BCUT2D eigenvalue weighted by Crippen LogP contribution is 2.28. The van der Waals surface area contributed by atoms with Gasteiger partial charge in [-0.15, -0.1) is 5.10 Å². The van der Waals surface area contributed by atoms with E-state index in [1.54, 1.807) is 12.1 Å². The number of benzene rings is 2. The first-order valence-corrected chi connectivity index (χ1v) is 9.19. The van der Waals surface area contributed by atoms with Crippen molar-refractivity contribution in [2.45, 2.75) is 4.34 Å². The van der Waals surface area contributed by atoms with Gasteiger partial charge in [0.2, 0.25) is 0 Å². The van der Waals surface area contributed by atoms with Crippen molar-refractivity contribution in [3.05, 3.63) is 57.8 Å². The van der Waals surface area contributed by atoms with Crippen LogP contribution in [0.1, 0.15) is 10.4 Å². The third-order valence-corrected chi connectivity index (χ3v) is 5.59. The van der Waals surface area contributed by atoms with Crippen LogP contribution < -0.4 is 0 Å². The number of aromatic hydroxyl groups is 2. The Morgan fingerprint density at radius 2 is 1.92 bits per heavy atom. The lowest BCUT2D eigenvalue weighted by Gasteiger charge is -2.02. The number of phenols is 2. The number of rotatable bonds is 5. The standard InChI is InChI=1S/C16H11FN2O3S3/c17-10-2-4-11(5-3-10)19-16(23)25-15(18-19)24-8-14(22)9-1-6-12(20)13(21)7-9/h1-7,20-21H,8H2. The van der Waals surface area contributed by atoms with Crippen LogP contribution in [0.4, 0.5) is 4.39 Å². The number of nitrogens with zero attached hydrogens (tertiary/aromatic N) is 2. The number of hydrogen-bond acceptors (Lipinski definition) is 7. The minimum Gasteiger partial charge on any atom is -0.504 e. The zero-order valence-corrected chi connectivity index (χ0v) is 15.0. The molecule has 3 aromatic rings. The molecule has 0 unspecified atom stereocenters. The van der Waals surface area contributed by atoms with Gasteiger partial charge in [-0.25, -0.2) is 9.07 Å². The topological polar surface area (TPSA) is 75.4 Å². The Labute approximate surface area is 155 Å². The maximum Gasteiger partial charge on any atom is 0.184 e. The second kappa shape index (κ2) is 7.34. The van der Waals surface area contributed by atoms with Crippen LogP contribution >= 0.6 is 35.3 Å². The van der Waals surface area contributed by atoms with E-state index in [0.717, 1.165) is 0 Å². The van der Waals surface area contributed by atoms with E-state index in [4.69, 9.17) is 12.2 Å². The summed E-state index contributed by atoms with van der Waals surface area (Å²) in [6.45, 7) is 0. The lowest BCUT2D eigenvalue weighted by molar-refractivity contribution is 0.102. The minimum absolute atomic E-state index is 0.107. The Morgan fingerprint density at radius 3 is 2.60 bits per heavy atom. The maximum atomic E-state index is 13.0. The quantitative estimate of drug-likeness (QED) is 0.293. The average Bonchev–Trinajstić information content (AvgIpc) is 2.96. The summed E-state index contributed by atoms with van der Waals surface area (Å²) in [6.07, 6.45) is 0. The Bertz CT molecular complexity index is 983. The third kappa shape index (κ3) is 4.06. The van der Waals surface area contributed by atoms with Gasteiger partial charge in [0.1, 0.15) is 5.82 Å². The molecule has 0 aliphatic carbocycles. The smallest absolute Gasteiger partial charge is 0.184 e. The molecule has 0 amide bonds. The molecule has 0 spiro atoms. The molecule has 5 nitrogen and oxygen atoms in total. The van der Waals surface area contributed by atoms with Crippen LogP contribution in [0.25, 0.3) is 5.69 Å².